The van der Waals surface area contributed by atoms with Crippen molar-refractivity contribution in [2.24, 2.45) is 5.92 Å². The monoisotopic (exact) mass is 144 g/mol. The molecule has 0 spiro atoms. The van der Waals surface area contributed by atoms with Crippen molar-refractivity contribution in [2.75, 3.05) is 0 Å². The Morgan fingerprint density at radius 2 is 2.56 bits per heavy atom. The average Bonchev–Trinajstić information content (AvgIpc) is 2.15. The smallest absolute Gasteiger partial charge is 0.0313 e. The first-order valence-corrected chi connectivity index (χ1v) is 4.03. The van der Waals surface area contributed by atoms with Gasteiger partial charge in [-0.25, -0.2) is 0 Å². The molecule has 1 aliphatic rings. The number of hydrogen-bond donors (Lipinski definition) is 0. The molecule has 0 fully saturated rings. The predicted octanol–water partition coefficient (Wildman–Crippen LogP) is 2.97. The van der Waals surface area contributed by atoms with Gasteiger partial charge in [0, 0.05) is 5.38 Å². The van der Waals surface area contributed by atoms with E-state index < -0.39 is 0 Å². The molecule has 0 radical (unpaired) electrons. The molecule has 0 amide bonds. The van der Waals surface area contributed by atoms with Crippen molar-refractivity contribution in [3.05, 3.63) is 12.2 Å². The summed E-state index contributed by atoms with van der Waals surface area (Å²) in [5.74, 6) is 0.775. The van der Waals surface area contributed by atoms with Crippen LogP contribution in [0.25, 0.3) is 0 Å². The van der Waals surface area contributed by atoms with Gasteiger partial charge in [0.2, 0.25) is 0 Å². The molecule has 0 saturated heterocycles. The van der Waals surface area contributed by atoms with Crippen LogP contribution in [0.4, 0.5) is 0 Å². The number of alkyl halides is 1. The second-order valence-corrected chi connectivity index (χ2v) is 3.53. The minimum Gasteiger partial charge on any atom is -0.123 e. The molecule has 1 aliphatic carbocycles. The van der Waals surface area contributed by atoms with E-state index in [2.05, 4.69) is 19.1 Å². The van der Waals surface area contributed by atoms with Gasteiger partial charge in [0.05, 0.1) is 0 Å². The van der Waals surface area contributed by atoms with Gasteiger partial charge < -0.3 is 0 Å². The molecule has 0 aromatic carbocycles. The highest BCUT2D eigenvalue weighted by Gasteiger charge is 2.10. The third-order valence-electron chi connectivity index (χ3n) is 1.74. The van der Waals surface area contributed by atoms with Gasteiger partial charge in [-0.05, 0) is 32.1 Å². The highest BCUT2D eigenvalue weighted by molar-refractivity contribution is 6.20. The molecule has 0 aromatic rings. The highest BCUT2D eigenvalue weighted by Crippen LogP contribution is 2.23. The van der Waals surface area contributed by atoms with Crippen LogP contribution in [0.3, 0.4) is 0 Å². The van der Waals surface area contributed by atoms with E-state index in [0.717, 1.165) is 12.3 Å². The van der Waals surface area contributed by atoms with Crippen LogP contribution in [0.2, 0.25) is 0 Å². The molecular weight excluding hydrogens is 132 g/mol. The molecule has 0 N–H and O–H groups in total. The van der Waals surface area contributed by atoms with Gasteiger partial charge in [0.15, 0.2) is 0 Å². The maximum Gasteiger partial charge on any atom is 0.0313 e. The standard InChI is InChI=1S/C8H13Cl/c1-7(9)6-8-4-2-3-5-8/h2,4,7-8H,3,5-6H2,1H3. The summed E-state index contributed by atoms with van der Waals surface area (Å²) < 4.78 is 0. The molecule has 9 heavy (non-hydrogen) atoms. The predicted molar refractivity (Wildman–Crippen MR) is 41.8 cm³/mol. The summed E-state index contributed by atoms with van der Waals surface area (Å²) >= 11 is 5.82. The SMILES string of the molecule is CC(Cl)CC1C=CCC1. The summed E-state index contributed by atoms with van der Waals surface area (Å²) in [5, 5.41) is 0.345. The summed E-state index contributed by atoms with van der Waals surface area (Å²) in [7, 11) is 0. The lowest BCUT2D eigenvalue weighted by atomic mass is 10.0. The number of hydrogen-bond acceptors (Lipinski definition) is 0. The lowest BCUT2D eigenvalue weighted by molar-refractivity contribution is 0.573. The fourth-order valence-corrected chi connectivity index (χ4v) is 1.54. The Hall–Kier alpha value is 0.0300. The number of rotatable bonds is 2. The van der Waals surface area contributed by atoms with Crippen LogP contribution < -0.4 is 0 Å². The third-order valence-corrected chi connectivity index (χ3v) is 1.92. The van der Waals surface area contributed by atoms with Crippen LogP contribution in [0, 0.1) is 5.92 Å². The van der Waals surface area contributed by atoms with E-state index >= 15 is 0 Å². The van der Waals surface area contributed by atoms with E-state index in [-0.39, 0.29) is 0 Å². The second-order valence-electron chi connectivity index (χ2n) is 2.78. The van der Waals surface area contributed by atoms with Gasteiger partial charge in [0.1, 0.15) is 0 Å². The fraction of sp³-hybridized carbons (Fsp3) is 0.750. The van der Waals surface area contributed by atoms with E-state index in [9.17, 15) is 0 Å². The molecule has 52 valence electrons. The van der Waals surface area contributed by atoms with Crippen molar-refractivity contribution >= 4 is 11.6 Å². The Morgan fingerprint density at radius 1 is 1.78 bits per heavy atom. The topological polar surface area (TPSA) is 0 Å². The first kappa shape index (κ1) is 7.14. The van der Waals surface area contributed by atoms with Gasteiger partial charge in [-0.3, -0.25) is 0 Å². The van der Waals surface area contributed by atoms with Crippen LogP contribution in [0.15, 0.2) is 12.2 Å². The molecule has 1 heteroatoms. The maximum absolute atomic E-state index is 5.82. The molecule has 2 unspecified atom stereocenters. The Kier molecular flexibility index (Phi) is 2.59. The van der Waals surface area contributed by atoms with Crippen LogP contribution in [0.5, 0.6) is 0 Å². The summed E-state index contributed by atoms with van der Waals surface area (Å²) in [6.45, 7) is 2.06. The zero-order valence-corrected chi connectivity index (χ0v) is 6.56. The lowest BCUT2D eigenvalue weighted by Crippen LogP contribution is -1.99. The molecular formula is C8H13Cl. The van der Waals surface area contributed by atoms with Crippen LogP contribution in [-0.4, -0.2) is 5.38 Å². The minimum atomic E-state index is 0.345. The van der Waals surface area contributed by atoms with E-state index in [4.69, 9.17) is 11.6 Å². The average molecular weight is 145 g/mol. The Balaban J connectivity index is 2.20. The zero-order valence-electron chi connectivity index (χ0n) is 5.81. The summed E-state index contributed by atoms with van der Waals surface area (Å²) in [4.78, 5) is 0. The minimum absolute atomic E-state index is 0.345. The van der Waals surface area contributed by atoms with E-state index in [1.165, 1.54) is 12.8 Å². The van der Waals surface area contributed by atoms with Crippen molar-refractivity contribution in [2.45, 2.75) is 31.6 Å². The molecule has 0 bridgehead atoms. The Morgan fingerprint density at radius 3 is 3.00 bits per heavy atom. The maximum atomic E-state index is 5.82. The molecule has 0 aliphatic heterocycles. The van der Waals surface area contributed by atoms with Crippen molar-refractivity contribution in [1.82, 2.24) is 0 Å². The third kappa shape index (κ3) is 2.40. The van der Waals surface area contributed by atoms with E-state index in [0.29, 0.717) is 5.38 Å². The number of allylic oxidation sites excluding steroid dienone is 2. The largest absolute Gasteiger partial charge is 0.123 e. The van der Waals surface area contributed by atoms with E-state index in [1.807, 2.05) is 0 Å². The normalized spacial score (nSPS) is 28.9. The van der Waals surface area contributed by atoms with Gasteiger partial charge >= 0.3 is 0 Å². The first-order chi connectivity index (χ1) is 4.29. The molecule has 1 rings (SSSR count). The first-order valence-electron chi connectivity index (χ1n) is 3.60. The fourth-order valence-electron chi connectivity index (χ4n) is 1.31. The molecule has 0 heterocycles. The zero-order chi connectivity index (χ0) is 6.69. The van der Waals surface area contributed by atoms with Crippen molar-refractivity contribution in [3.63, 3.8) is 0 Å². The van der Waals surface area contributed by atoms with Crippen molar-refractivity contribution in [1.29, 1.82) is 0 Å². The van der Waals surface area contributed by atoms with Crippen LogP contribution in [-0.2, 0) is 0 Å². The molecule has 0 saturated carbocycles. The molecule has 0 nitrogen and oxygen atoms in total. The summed E-state index contributed by atoms with van der Waals surface area (Å²) in [6.07, 6.45) is 8.27. The van der Waals surface area contributed by atoms with Crippen molar-refractivity contribution < 1.29 is 0 Å². The highest BCUT2D eigenvalue weighted by atomic mass is 35.5. The lowest BCUT2D eigenvalue weighted by Gasteiger charge is -2.07. The molecule has 0 aromatic heterocycles. The van der Waals surface area contributed by atoms with E-state index in [1.54, 1.807) is 0 Å². The van der Waals surface area contributed by atoms with Crippen LogP contribution >= 0.6 is 11.6 Å². The Labute approximate surface area is 61.9 Å². The van der Waals surface area contributed by atoms with Gasteiger partial charge in [-0.2, -0.15) is 0 Å². The van der Waals surface area contributed by atoms with Crippen LogP contribution in [0.1, 0.15) is 26.2 Å². The molecule has 2 atom stereocenters. The van der Waals surface area contributed by atoms with Gasteiger partial charge in [-0.15, -0.1) is 11.6 Å². The van der Waals surface area contributed by atoms with Gasteiger partial charge in [0.25, 0.3) is 0 Å². The number of halogens is 1. The summed E-state index contributed by atoms with van der Waals surface area (Å²) in [5.41, 5.74) is 0. The Bertz CT molecular complexity index is 105. The van der Waals surface area contributed by atoms with Crippen molar-refractivity contribution in [3.8, 4) is 0 Å². The second kappa shape index (κ2) is 3.26. The summed E-state index contributed by atoms with van der Waals surface area (Å²) in [6, 6.07) is 0. The quantitative estimate of drug-likeness (QED) is 0.413. The van der Waals surface area contributed by atoms with Gasteiger partial charge in [-0.1, -0.05) is 12.2 Å².